The van der Waals surface area contributed by atoms with Gasteiger partial charge < -0.3 is 5.73 Å². The van der Waals surface area contributed by atoms with Crippen molar-refractivity contribution in [1.82, 2.24) is 9.78 Å². The molecule has 82 valence electrons. The van der Waals surface area contributed by atoms with Crippen molar-refractivity contribution >= 4 is 5.82 Å². The van der Waals surface area contributed by atoms with Crippen LogP contribution >= 0.6 is 0 Å². The summed E-state index contributed by atoms with van der Waals surface area (Å²) in [6.07, 6.45) is 5.82. The zero-order valence-electron chi connectivity index (χ0n) is 9.32. The zero-order valence-corrected chi connectivity index (χ0v) is 9.32. The molecule has 0 aromatic carbocycles. The number of anilines is 1. The number of rotatable bonds is 2. The van der Waals surface area contributed by atoms with Gasteiger partial charge in [0.2, 0.25) is 0 Å². The van der Waals surface area contributed by atoms with Crippen molar-refractivity contribution in [2.75, 3.05) is 5.73 Å². The fourth-order valence-corrected chi connectivity index (χ4v) is 3.54. The summed E-state index contributed by atoms with van der Waals surface area (Å²) in [5.74, 6) is 3.52. The first-order valence-electron chi connectivity index (χ1n) is 6.02. The lowest BCUT2D eigenvalue weighted by atomic mass is 9.89. The fourth-order valence-electron chi connectivity index (χ4n) is 3.54. The molecule has 2 fully saturated rings. The summed E-state index contributed by atoms with van der Waals surface area (Å²) < 4.78 is 2.10. The lowest BCUT2D eigenvalue weighted by Crippen LogP contribution is -2.18. The van der Waals surface area contributed by atoms with Crippen LogP contribution < -0.4 is 5.73 Å². The van der Waals surface area contributed by atoms with Gasteiger partial charge in [-0.15, -0.1) is 0 Å². The van der Waals surface area contributed by atoms with Gasteiger partial charge in [0.1, 0.15) is 5.82 Å². The zero-order chi connectivity index (χ0) is 10.4. The molecule has 0 saturated heterocycles. The van der Waals surface area contributed by atoms with E-state index < -0.39 is 0 Å². The van der Waals surface area contributed by atoms with Gasteiger partial charge in [-0.3, -0.25) is 4.68 Å². The van der Waals surface area contributed by atoms with E-state index >= 15 is 0 Å². The maximum atomic E-state index is 5.70. The number of hydrogen-bond donors (Lipinski definition) is 1. The minimum atomic E-state index is 0.663. The Kier molecular flexibility index (Phi) is 2.01. The van der Waals surface area contributed by atoms with E-state index in [4.69, 9.17) is 5.73 Å². The highest BCUT2D eigenvalue weighted by Crippen LogP contribution is 2.48. The molecule has 2 N–H and O–H groups in total. The molecule has 15 heavy (non-hydrogen) atoms. The first kappa shape index (κ1) is 9.25. The molecule has 0 spiro atoms. The Morgan fingerprint density at radius 1 is 1.47 bits per heavy atom. The highest BCUT2D eigenvalue weighted by atomic mass is 15.3. The van der Waals surface area contributed by atoms with E-state index in [0.29, 0.717) is 5.82 Å². The number of aromatic nitrogens is 2. The molecule has 2 bridgehead atoms. The summed E-state index contributed by atoms with van der Waals surface area (Å²) in [4.78, 5) is 0. The molecule has 2 aliphatic carbocycles. The maximum absolute atomic E-state index is 5.70. The van der Waals surface area contributed by atoms with Gasteiger partial charge in [0, 0.05) is 18.3 Å². The van der Waals surface area contributed by atoms with Gasteiger partial charge in [0.15, 0.2) is 0 Å². The molecule has 1 aromatic rings. The van der Waals surface area contributed by atoms with Gasteiger partial charge in [-0.05, 0) is 43.9 Å². The molecule has 3 rings (SSSR count). The van der Waals surface area contributed by atoms with Crippen molar-refractivity contribution in [3.63, 3.8) is 0 Å². The molecule has 2 aliphatic rings. The van der Waals surface area contributed by atoms with Crippen molar-refractivity contribution in [1.29, 1.82) is 0 Å². The number of nitrogens with zero attached hydrogens (tertiary/aromatic N) is 2. The highest BCUT2D eigenvalue weighted by Gasteiger charge is 2.39. The van der Waals surface area contributed by atoms with Crippen LogP contribution in [0.5, 0.6) is 0 Å². The van der Waals surface area contributed by atoms with E-state index in [1.54, 1.807) is 0 Å². The third kappa shape index (κ3) is 1.54. The van der Waals surface area contributed by atoms with Crippen molar-refractivity contribution in [2.24, 2.45) is 17.8 Å². The van der Waals surface area contributed by atoms with E-state index in [2.05, 4.69) is 16.7 Å². The Bertz CT molecular complexity index is 369. The number of nitrogens with two attached hydrogens (primary N) is 1. The summed E-state index contributed by atoms with van der Waals surface area (Å²) in [5.41, 5.74) is 6.90. The van der Waals surface area contributed by atoms with Gasteiger partial charge in [0.05, 0.1) is 0 Å². The highest BCUT2D eigenvalue weighted by molar-refractivity contribution is 5.28. The molecule has 3 heteroatoms. The van der Waals surface area contributed by atoms with Crippen LogP contribution in [0.15, 0.2) is 6.07 Å². The summed E-state index contributed by atoms with van der Waals surface area (Å²) in [7, 11) is 0. The largest absolute Gasteiger partial charge is 0.382 e. The minimum absolute atomic E-state index is 0.663. The molecule has 3 unspecified atom stereocenters. The van der Waals surface area contributed by atoms with Gasteiger partial charge in [0.25, 0.3) is 0 Å². The number of nitrogen functional groups attached to an aromatic ring is 1. The van der Waals surface area contributed by atoms with Gasteiger partial charge in [-0.1, -0.05) is 6.42 Å². The molecule has 3 nitrogen and oxygen atoms in total. The van der Waals surface area contributed by atoms with Crippen molar-refractivity contribution in [2.45, 2.75) is 39.2 Å². The summed E-state index contributed by atoms with van der Waals surface area (Å²) in [5, 5.41) is 4.35. The molecule has 3 atom stereocenters. The Morgan fingerprint density at radius 2 is 2.33 bits per heavy atom. The molecule has 1 aromatic heterocycles. The summed E-state index contributed by atoms with van der Waals surface area (Å²) in [6.45, 7) is 3.18. The third-order valence-electron chi connectivity index (χ3n) is 4.29. The minimum Gasteiger partial charge on any atom is -0.382 e. The van der Waals surface area contributed by atoms with E-state index in [9.17, 15) is 0 Å². The average molecular weight is 205 g/mol. The quantitative estimate of drug-likeness (QED) is 0.804. The predicted octanol–water partition coefficient (Wildman–Crippen LogP) is 2.21. The van der Waals surface area contributed by atoms with Crippen LogP contribution in [-0.2, 0) is 6.54 Å². The van der Waals surface area contributed by atoms with Crippen LogP contribution in [0.3, 0.4) is 0 Å². The maximum Gasteiger partial charge on any atom is 0.145 e. The standard InChI is InChI=1S/C12H19N3/c1-8-4-12(13)14-15(8)7-11-6-9-2-3-10(11)5-9/h4,9-11H,2-3,5-7H2,1H3,(H2,13,14). The average Bonchev–Trinajstić information content (AvgIpc) is 2.83. The van der Waals surface area contributed by atoms with Crippen LogP contribution in [0.25, 0.3) is 0 Å². The van der Waals surface area contributed by atoms with Crippen LogP contribution in [-0.4, -0.2) is 9.78 Å². The van der Waals surface area contributed by atoms with Crippen LogP contribution in [0, 0.1) is 24.7 Å². The second-order valence-corrected chi connectivity index (χ2v) is 5.33. The second kappa shape index (κ2) is 3.26. The van der Waals surface area contributed by atoms with E-state index in [-0.39, 0.29) is 0 Å². The lowest BCUT2D eigenvalue weighted by molar-refractivity contribution is 0.284. The lowest BCUT2D eigenvalue weighted by Gasteiger charge is -2.21. The topological polar surface area (TPSA) is 43.8 Å². The number of aryl methyl sites for hydroxylation is 1. The van der Waals surface area contributed by atoms with Crippen LogP contribution in [0.1, 0.15) is 31.4 Å². The molecule has 0 aliphatic heterocycles. The first-order valence-corrected chi connectivity index (χ1v) is 6.02. The Labute approximate surface area is 90.7 Å². The molecule has 0 radical (unpaired) electrons. The third-order valence-corrected chi connectivity index (χ3v) is 4.29. The molecular formula is C12H19N3. The normalized spacial score (nSPS) is 33.8. The number of fused-ring (bicyclic) bond motifs is 2. The Balaban J connectivity index is 1.73. The molecule has 2 saturated carbocycles. The molecule has 0 amide bonds. The van der Waals surface area contributed by atoms with E-state index in [1.807, 2.05) is 6.07 Å². The van der Waals surface area contributed by atoms with Crippen LogP contribution in [0.4, 0.5) is 5.82 Å². The van der Waals surface area contributed by atoms with Gasteiger partial charge in [-0.2, -0.15) is 5.10 Å². The van der Waals surface area contributed by atoms with E-state index in [1.165, 1.54) is 31.4 Å². The second-order valence-electron chi connectivity index (χ2n) is 5.33. The van der Waals surface area contributed by atoms with Gasteiger partial charge in [-0.25, -0.2) is 0 Å². The monoisotopic (exact) mass is 205 g/mol. The fraction of sp³-hybridized carbons (Fsp3) is 0.750. The molecule has 1 heterocycles. The van der Waals surface area contributed by atoms with Crippen molar-refractivity contribution in [3.8, 4) is 0 Å². The SMILES string of the molecule is Cc1cc(N)nn1CC1CC2CCC1C2. The number of hydrogen-bond acceptors (Lipinski definition) is 2. The smallest absolute Gasteiger partial charge is 0.145 e. The summed E-state index contributed by atoms with van der Waals surface area (Å²) in [6, 6.07) is 1.97. The van der Waals surface area contributed by atoms with Crippen molar-refractivity contribution < 1.29 is 0 Å². The Hall–Kier alpha value is -0.990. The predicted molar refractivity (Wildman–Crippen MR) is 60.3 cm³/mol. The van der Waals surface area contributed by atoms with Crippen LogP contribution in [0.2, 0.25) is 0 Å². The van der Waals surface area contributed by atoms with E-state index in [0.717, 1.165) is 24.3 Å². The van der Waals surface area contributed by atoms with Crippen molar-refractivity contribution in [3.05, 3.63) is 11.8 Å². The van der Waals surface area contributed by atoms with Gasteiger partial charge >= 0.3 is 0 Å². The first-order chi connectivity index (χ1) is 7.22. The summed E-state index contributed by atoms with van der Waals surface area (Å²) >= 11 is 0. The molecular weight excluding hydrogens is 186 g/mol. The Morgan fingerprint density at radius 3 is 2.87 bits per heavy atom.